The Balaban J connectivity index is 2.45. The molecule has 0 N–H and O–H groups in total. The van der Waals surface area contributed by atoms with Crippen molar-refractivity contribution in [1.82, 2.24) is 0 Å². The molecule has 0 radical (unpaired) electrons. The lowest BCUT2D eigenvalue weighted by Gasteiger charge is -2.52. The molecule has 0 spiro atoms. The smallest absolute Gasteiger partial charge is 0.169 e. The molecule has 106 valence electrons. The number of fused-ring (bicyclic) bond motifs is 1. The van der Waals surface area contributed by atoms with E-state index in [1.165, 1.54) is 0 Å². The summed E-state index contributed by atoms with van der Waals surface area (Å²) in [4.78, 5) is 12.7. The highest BCUT2D eigenvalue weighted by Crippen LogP contribution is 2.53. The minimum Gasteiger partial charge on any atom is -0.373 e. The van der Waals surface area contributed by atoms with Crippen LogP contribution in [0.1, 0.15) is 26.7 Å². The topological polar surface area (TPSA) is 26.3 Å². The van der Waals surface area contributed by atoms with Gasteiger partial charge in [-0.05, 0) is 25.7 Å². The van der Waals surface area contributed by atoms with Crippen molar-refractivity contribution in [2.45, 2.75) is 32.8 Å². The number of carbonyl (C=O) groups is 1. The van der Waals surface area contributed by atoms with Crippen LogP contribution in [0.5, 0.6) is 0 Å². The van der Waals surface area contributed by atoms with E-state index in [0.717, 1.165) is 18.4 Å². The molecule has 0 bridgehead atoms. The second-order valence-corrected chi connectivity index (χ2v) is 6.39. The molecule has 0 aromatic heterocycles. The van der Waals surface area contributed by atoms with Gasteiger partial charge in [0, 0.05) is 30.2 Å². The highest BCUT2D eigenvalue weighted by Gasteiger charge is 2.54. The van der Waals surface area contributed by atoms with Gasteiger partial charge in [0.25, 0.3) is 0 Å². The number of alkyl halides is 1. The maximum atomic E-state index is 12.7. The van der Waals surface area contributed by atoms with Crippen LogP contribution in [0, 0.1) is 23.2 Å². The van der Waals surface area contributed by atoms with Gasteiger partial charge in [-0.2, -0.15) is 0 Å². The molecule has 5 unspecified atom stereocenters. The van der Waals surface area contributed by atoms with Crippen molar-refractivity contribution in [2.75, 3.05) is 13.0 Å². The molecule has 1 fully saturated rings. The molecule has 19 heavy (non-hydrogen) atoms. The summed E-state index contributed by atoms with van der Waals surface area (Å²) in [5.74, 6) is 1.10. The third-order valence-electron chi connectivity index (χ3n) is 5.11. The van der Waals surface area contributed by atoms with E-state index in [9.17, 15) is 4.79 Å². The Labute approximate surface area is 120 Å². The first kappa shape index (κ1) is 14.8. The highest BCUT2D eigenvalue weighted by molar-refractivity contribution is 6.18. The van der Waals surface area contributed by atoms with Gasteiger partial charge >= 0.3 is 0 Å². The molecule has 0 saturated heterocycles. The number of Topliss-reactive ketones (excluding diaryl/α,β-unsaturated/α-hetero) is 1. The number of halogens is 1. The third kappa shape index (κ3) is 2.19. The largest absolute Gasteiger partial charge is 0.373 e. The lowest BCUT2D eigenvalue weighted by atomic mass is 9.54. The predicted octanol–water partition coefficient (Wildman–Crippen LogP) is 3.60. The van der Waals surface area contributed by atoms with E-state index in [-0.39, 0.29) is 29.1 Å². The van der Waals surface area contributed by atoms with E-state index < -0.39 is 0 Å². The normalized spacial score (nSPS) is 42.0. The second-order valence-electron chi connectivity index (χ2n) is 6.13. The van der Waals surface area contributed by atoms with Crippen LogP contribution in [0.15, 0.2) is 24.3 Å². The molecular weight excluding hydrogens is 260 g/mol. The maximum Gasteiger partial charge on any atom is 0.169 e. The van der Waals surface area contributed by atoms with Crippen molar-refractivity contribution in [1.29, 1.82) is 0 Å². The Morgan fingerprint density at radius 1 is 1.63 bits per heavy atom. The molecule has 0 aromatic rings. The van der Waals surface area contributed by atoms with Crippen LogP contribution in [0.4, 0.5) is 0 Å². The molecule has 2 aliphatic carbocycles. The molecule has 0 aliphatic heterocycles. The Hall–Kier alpha value is -0.600. The fraction of sp³-hybridized carbons (Fsp3) is 0.688. The first-order valence-electron chi connectivity index (χ1n) is 6.92. The number of rotatable bonds is 3. The average Bonchev–Trinajstić information content (AvgIpc) is 2.39. The summed E-state index contributed by atoms with van der Waals surface area (Å²) < 4.78 is 5.46. The molecule has 2 nitrogen and oxygen atoms in total. The summed E-state index contributed by atoms with van der Waals surface area (Å²) in [6, 6.07) is 0. The number of ether oxygens (including phenoxy) is 1. The zero-order valence-corrected chi connectivity index (χ0v) is 12.7. The van der Waals surface area contributed by atoms with Crippen molar-refractivity contribution in [3.05, 3.63) is 24.3 Å². The number of hydrogen-bond donors (Lipinski definition) is 0. The zero-order valence-electron chi connectivity index (χ0n) is 12.0. The number of methoxy groups -OCH3 is 1. The van der Waals surface area contributed by atoms with E-state index in [4.69, 9.17) is 16.3 Å². The molecule has 0 heterocycles. The summed E-state index contributed by atoms with van der Waals surface area (Å²) >= 11 is 6.31. The molecule has 2 aliphatic rings. The van der Waals surface area contributed by atoms with Gasteiger partial charge in [0.05, 0.1) is 0 Å². The second kappa shape index (κ2) is 5.41. The Morgan fingerprint density at radius 2 is 2.32 bits per heavy atom. The van der Waals surface area contributed by atoms with Gasteiger partial charge in [-0.1, -0.05) is 31.2 Å². The van der Waals surface area contributed by atoms with E-state index in [0.29, 0.717) is 11.8 Å². The van der Waals surface area contributed by atoms with Crippen LogP contribution in [0.2, 0.25) is 0 Å². The summed E-state index contributed by atoms with van der Waals surface area (Å²) in [6.45, 7) is 8.23. The van der Waals surface area contributed by atoms with E-state index >= 15 is 0 Å². The molecule has 0 aromatic carbocycles. The lowest BCUT2D eigenvalue weighted by Crippen LogP contribution is -2.55. The van der Waals surface area contributed by atoms with Gasteiger partial charge in [0.15, 0.2) is 5.78 Å². The van der Waals surface area contributed by atoms with E-state index in [2.05, 4.69) is 19.6 Å². The summed E-state index contributed by atoms with van der Waals surface area (Å²) in [7, 11) is 1.61. The Bertz CT molecular complexity index is 415. The van der Waals surface area contributed by atoms with E-state index in [1.54, 1.807) is 7.11 Å². The van der Waals surface area contributed by atoms with E-state index in [1.807, 2.05) is 13.0 Å². The minimum atomic E-state index is -0.367. The number of carbonyl (C=O) groups excluding carboxylic acids is 1. The molecule has 5 atom stereocenters. The van der Waals surface area contributed by atoms with Gasteiger partial charge in [-0.15, -0.1) is 11.6 Å². The van der Waals surface area contributed by atoms with Crippen LogP contribution in [0.25, 0.3) is 0 Å². The van der Waals surface area contributed by atoms with Gasteiger partial charge in [-0.3, -0.25) is 4.79 Å². The van der Waals surface area contributed by atoms with Crippen LogP contribution in [-0.2, 0) is 9.53 Å². The fourth-order valence-electron chi connectivity index (χ4n) is 3.73. The van der Waals surface area contributed by atoms with Crippen molar-refractivity contribution in [2.24, 2.45) is 23.2 Å². The highest BCUT2D eigenvalue weighted by atomic mass is 35.5. The zero-order chi connectivity index (χ0) is 14.2. The van der Waals surface area contributed by atoms with Crippen molar-refractivity contribution >= 4 is 17.4 Å². The average molecular weight is 283 g/mol. The third-order valence-corrected chi connectivity index (χ3v) is 5.60. The quantitative estimate of drug-likeness (QED) is 0.584. The van der Waals surface area contributed by atoms with Crippen molar-refractivity contribution in [3.8, 4) is 0 Å². The van der Waals surface area contributed by atoms with Crippen molar-refractivity contribution < 1.29 is 9.53 Å². The summed E-state index contributed by atoms with van der Waals surface area (Å²) in [5, 5.41) is 0. The lowest BCUT2D eigenvalue weighted by molar-refractivity contribution is -0.147. The van der Waals surface area contributed by atoms with Gasteiger partial charge in [-0.25, -0.2) is 0 Å². The Morgan fingerprint density at radius 3 is 2.84 bits per heavy atom. The van der Waals surface area contributed by atoms with Crippen LogP contribution < -0.4 is 0 Å². The van der Waals surface area contributed by atoms with Gasteiger partial charge in [0.2, 0.25) is 0 Å². The number of ketones is 1. The molecule has 3 heteroatoms. The first-order valence-corrected chi connectivity index (χ1v) is 7.46. The SMILES string of the molecule is C=C(C)C1CC2(CCl)C(C)CC=CC2C(=O)C1OC. The minimum absolute atomic E-state index is 0.0847. The van der Waals surface area contributed by atoms with Crippen LogP contribution in [0.3, 0.4) is 0 Å². The number of hydrogen-bond acceptors (Lipinski definition) is 2. The van der Waals surface area contributed by atoms with Gasteiger partial charge < -0.3 is 4.74 Å². The predicted molar refractivity (Wildman–Crippen MR) is 78.3 cm³/mol. The van der Waals surface area contributed by atoms with Crippen molar-refractivity contribution in [3.63, 3.8) is 0 Å². The van der Waals surface area contributed by atoms with Crippen LogP contribution >= 0.6 is 11.6 Å². The fourth-order valence-corrected chi connectivity index (χ4v) is 4.27. The number of allylic oxidation sites excluding steroid dienone is 2. The molecule has 0 amide bonds. The maximum absolute atomic E-state index is 12.7. The molecule has 2 rings (SSSR count). The Kier molecular flexibility index (Phi) is 4.22. The molecular formula is C16H23ClO2. The standard InChI is InChI=1S/C16H23ClO2/c1-10(2)12-8-16(9-17)11(3)6-5-7-13(16)14(18)15(12)19-4/h5,7,11-13,15H,1,6,8-9H2,2-4H3. The van der Waals surface area contributed by atoms with Crippen LogP contribution in [-0.4, -0.2) is 24.9 Å². The van der Waals surface area contributed by atoms with Gasteiger partial charge in [0.1, 0.15) is 6.10 Å². The summed E-state index contributed by atoms with van der Waals surface area (Å²) in [5.41, 5.74) is 0.886. The monoisotopic (exact) mass is 282 g/mol. The first-order chi connectivity index (χ1) is 8.97. The summed E-state index contributed by atoms with van der Waals surface area (Å²) in [6.07, 6.45) is 5.69. The molecule has 1 saturated carbocycles.